The van der Waals surface area contributed by atoms with Gasteiger partial charge < -0.3 is 4.74 Å². The predicted octanol–water partition coefficient (Wildman–Crippen LogP) is 2.89. The van der Waals surface area contributed by atoms with Gasteiger partial charge in [-0.15, -0.1) is 0 Å². The van der Waals surface area contributed by atoms with Gasteiger partial charge in [-0.3, -0.25) is 14.8 Å². The van der Waals surface area contributed by atoms with Crippen LogP contribution in [0.4, 0.5) is 0 Å². The van der Waals surface area contributed by atoms with E-state index in [1.54, 1.807) is 18.6 Å². The van der Waals surface area contributed by atoms with Gasteiger partial charge in [-0.25, -0.2) is 0 Å². The van der Waals surface area contributed by atoms with Crippen LogP contribution in [0.25, 0.3) is 10.9 Å². The quantitative estimate of drug-likeness (QED) is 0.680. The topological polar surface area (TPSA) is 52.1 Å². The minimum Gasteiger partial charge on any atom is -0.455 e. The van der Waals surface area contributed by atoms with Gasteiger partial charge in [0.15, 0.2) is 6.10 Å². The number of ether oxygens (including phenoxy) is 1. The van der Waals surface area contributed by atoms with Crippen molar-refractivity contribution in [1.82, 2.24) is 9.97 Å². The number of hydrogen-bond donors (Lipinski definition) is 0. The van der Waals surface area contributed by atoms with Gasteiger partial charge in [-0.2, -0.15) is 0 Å². The molecule has 0 amide bonds. The molecule has 0 radical (unpaired) electrons. The van der Waals surface area contributed by atoms with Gasteiger partial charge in [0.25, 0.3) is 6.47 Å². The van der Waals surface area contributed by atoms with Crippen LogP contribution in [0.5, 0.6) is 0 Å². The molecule has 1 aromatic carbocycles. The standard InChI is InChI=1S/C16H12N2O2/c19-11-20-16(12-4-2-1-3-5-12)14-8-13-9-17-7-6-15(13)18-10-14/h1-11,16H. The van der Waals surface area contributed by atoms with Gasteiger partial charge in [-0.05, 0) is 17.7 Å². The first-order valence-corrected chi connectivity index (χ1v) is 6.22. The highest BCUT2D eigenvalue weighted by Crippen LogP contribution is 2.26. The van der Waals surface area contributed by atoms with Crippen molar-refractivity contribution < 1.29 is 9.53 Å². The van der Waals surface area contributed by atoms with E-state index in [4.69, 9.17) is 4.74 Å². The Hall–Kier alpha value is -2.75. The lowest BCUT2D eigenvalue weighted by Crippen LogP contribution is -2.05. The van der Waals surface area contributed by atoms with E-state index in [1.165, 1.54) is 0 Å². The van der Waals surface area contributed by atoms with Crippen LogP contribution in [0.3, 0.4) is 0 Å². The Morgan fingerprint density at radius 1 is 1.05 bits per heavy atom. The number of nitrogens with zero attached hydrogens (tertiary/aromatic N) is 2. The molecule has 0 N–H and O–H groups in total. The second-order valence-electron chi connectivity index (χ2n) is 4.36. The Bertz CT molecular complexity index is 729. The van der Waals surface area contributed by atoms with Crippen LogP contribution >= 0.6 is 0 Å². The van der Waals surface area contributed by atoms with E-state index in [0.717, 1.165) is 22.0 Å². The van der Waals surface area contributed by atoms with Crippen LogP contribution < -0.4 is 0 Å². The summed E-state index contributed by atoms with van der Waals surface area (Å²) in [7, 11) is 0. The highest BCUT2D eigenvalue weighted by Gasteiger charge is 2.15. The van der Waals surface area contributed by atoms with E-state index in [0.29, 0.717) is 6.47 Å². The molecule has 3 rings (SSSR count). The van der Waals surface area contributed by atoms with Crippen molar-refractivity contribution in [3.63, 3.8) is 0 Å². The first kappa shape index (κ1) is 12.3. The number of pyridine rings is 2. The number of carbonyl (C=O) groups excluding carboxylic acids is 1. The van der Waals surface area contributed by atoms with Crippen LogP contribution in [0.15, 0.2) is 61.1 Å². The van der Waals surface area contributed by atoms with Crippen LogP contribution in [0.1, 0.15) is 17.2 Å². The van der Waals surface area contributed by atoms with Crippen molar-refractivity contribution in [2.75, 3.05) is 0 Å². The first-order chi connectivity index (χ1) is 9.88. The highest BCUT2D eigenvalue weighted by molar-refractivity contribution is 5.77. The Balaban J connectivity index is 2.07. The summed E-state index contributed by atoms with van der Waals surface area (Å²) in [5.41, 5.74) is 2.59. The maximum Gasteiger partial charge on any atom is 0.294 e. The average molecular weight is 264 g/mol. The SMILES string of the molecule is O=COC(c1ccccc1)c1cnc2ccncc2c1. The fraction of sp³-hybridized carbons (Fsp3) is 0.0625. The first-order valence-electron chi connectivity index (χ1n) is 6.22. The molecule has 0 saturated heterocycles. The molecule has 0 fully saturated rings. The molecule has 0 saturated carbocycles. The zero-order valence-electron chi connectivity index (χ0n) is 10.6. The second-order valence-corrected chi connectivity index (χ2v) is 4.36. The molecule has 0 spiro atoms. The molecule has 1 unspecified atom stereocenters. The molecule has 4 nitrogen and oxygen atoms in total. The minimum absolute atomic E-state index is 0.453. The van der Waals surface area contributed by atoms with Gasteiger partial charge in [0.1, 0.15) is 0 Å². The number of aromatic nitrogens is 2. The third-order valence-corrected chi connectivity index (χ3v) is 3.10. The molecule has 0 aliphatic rings. The van der Waals surface area contributed by atoms with E-state index < -0.39 is 6.10 Å². The van der Waals surface area contributed by atoms with Crippen LogP contribution in [-0.4, -0.2) is 16.4 Å². The van der Waals surface area contributed by atoms with Crippen molar-refractivity contribution in [3.8, 4) is 0 Å². The Morgan fingerprint density at radius 3 is 2.70 bits per heavy atom. The summed E-state index contributed by atoms with van der Waals surface area (Å²) in [5, 5.41) is 0.917. The van der Waals surface area contributed by atoms with E-state index in [1.807, 2.05) is 42.5 Å². The van der Waals surface area contributed by atoms with Crippen LogP contribution in [-0.2, 0) is 9.53 Å². The van der Waals surface area contributed by atoms with Crippen LogP contribution in [0.2, 0.25) is 0 Å². The second kappa shape index (κ2) is 5.48. The van der Waals surface area contributed by atoms with E-state index in [-0.39, 0.29) is 0 Å². The van der Waals surface area contributed by atoms with Crippen molar-refractivity contribution in [3.05, 3.63) is 72.2 Å². The number of carbonyl (C=O) groups is 1. The van der Waals surface area contributed by atoms with Crippen molar-refractivity contribution in [1.29, 1.82) is 0 Å². The lowest BCUT2D eigenvalue weighted by Gasteiger charge is -2.16. The van der Waals surface area contributed by atoms with Gasteiger partial charge >= 0.3 is 0 Å². The average Bonchev–Trinajstić information content (AvgIpc) is 2.53. The Kier molecular flexibility index (Phi) is 3.37. The molecule has 3 aromatic rings. The lowest BCUT2D eigenvalue weighted by molar-refractivity contribution is -0.132. The molecule has 2 heterocycles. The lowest BCUT2D eigenvalue weighted by atomic mass is 10.0. The Labute approximate surface area is 116 Å². The van der Waals surface area contributed by atoms with E-state index in [2.05, 4.69) is 9.97 Å². The minimum atomic E-state index is -0.453. The van der Waals surface area contributed by atoms with Gasteiger partial charge in [0, 0.05) is 29.5 Å². The number of rotatable bonds is 4. The van der Waals surface area contributed by atoms with Gasteiger partial charge in [0.2, 0.25) is 0 Å². The number of fused-ring (bicyclic) bond motifs is 1. The summed E-state index contributed by atoms with van der Waals surface area (Å²) < 4.78 is 5.22. The van der Waals surface area contributed by atoms with E-state index in [9.17, 15) is 4.79 Å². The summed E-state index contributed by atoms with van der Waals surface area (Å²) in [6.07, 6.45) is 4.72. The molecule has 2 aromatic heterocycles. The molecule has 98 valence electrons. The number of hydrogen-bond acceptors (Lipinski definition) is 4. The largest absolute Gasteiger partial charge is 0.455 e. The fourth-order valence-electron chi connectivity index (χ4n) is 2.17. The fourth-order valence-corrected chi connectivity index (χ4v) is 2.17. The monoisotopic (exact) mass is 264 g/mol. The molecule has 0 aliphatic heterocycles. The summed E-state index contributed by atoms with van der Waals surface area (Å²) in [6.45, 7) is 0.463. The summed E-state index contributed by atoms with van der Waals surface area (Å²) >= 11 is 0. The summed E-state index contributed by atoms with van der Waals surface area (Å²) in [5.74, 6) is 0. The van der Waals surface area contributed by atoms with Crippen LogP contribution in [0, 0.1) is 0 Å². The Morgan fingerprint density at radius 2 is 1.90 bits per heavy atom. The maximum atomic E-state index is 10.8. The zero-order valence-corrected chi connectivity index (χ0v) is 10.6. The summed E-state index contributed by atoms with van der Waals surface area (Å²) in [6, 6.07) is 13.4. The predicted molar refractivity (Wildman–Crippen MR) is 75.0 cm³/mol. The summed E-state index contributed by atoms with van der Waals surface area (Å²) in [4.78, 5) is 19.2. The molecule has 4 heteroatoms. The number of benzene rings is 1. The van der Waals surface area contributed by atoms with Crippen molar-refractivity contribution in [2.24, 2.45) is 0 Å². The third-order valence-electron chi connectivity index (χ3n) is 3.10. The molecule has 0 aliphatic carbocycles. The smallest absolute Gasteiger partial charge is 0.294 e. The zero-order chi connectivity index (χ0) is 13.8. The molecule has 1 atom stereocenters. The molecule has 20 heavy (non-hydrogen) atoms. The normalized spacial score (nSPS) is 12.0. The molecule has 0 bridgehead atoms. The third kappa shape index (κ3) is 2.36. The van der Waals surface area contributed by atoms with Crippen molar-refractivity contribution >= 4 is 17.4 Å². The van der Waals surface area contributed by atoms with Gasteiger partial charge in [0.05, 0.1) is 5.52 Å². The van der Waals surface area contributed by atoms with Crippen molar-refractivity contribution in [2.45, 2.75) is 6.10 Å². The van der Waals surface area contributed by atoms with E-state index >= 15 is 0 Å². The molecular formula is C16H12N2O2. The van der Waals surface area contributed by atoms with Gasteiger partial charge in [-0.1, -0.05) is 30.3 Å². The highest BCUT2D eigenvalue weighted by atomic mass is 16.5. The molecular weight excluding hydrogens is 252 g/mol. The maximum absolute atomic E-state index is 10.8.